The number of hydrogen-bond donors (Lipinski definition) is 3. The Morgan fingerprint density at radius 1 is 1.37 bits per heavy atom. The van der Waals surface area contributed by atoms with Crippen molar-refractivity contribution in [1.29, 1.82) is 0 Å². The van der Waals surface area contributed by atoms with Crippen LogP contribution in [0.15, 0.2) is 18.2 Å². The van der Waals surface area contributed by atoms with Crippen molar-refractivity contribution in [3.63, 3.8) is 0 Å². The quantitative estimate of drug-likeness (QED) is 0.541. The van der Waals surface area contributed by atoms with E-state index in [2.05, 4.69) is 10.1 Å². The van der Waals surface area contributed by atoms with Gasteiger partial charge in [-0.25, -0.2) is 0 Å². The highest BCUT2D eigenvalue weighted by molar-refractivity contribution is 5.98. The first kappa shape index (κ1) is 15.1. The van der Waals surface area contributed by atoms with Gasteiger partial charge in [0, 0.05) is 17.9 Å². The first-order chi connectivity index (χ1) is 8.79. The summed E-state index contributed by atoms with van der Waals surface area (Å²) in [6.07, 6.45) is -4.33. The van der Waals surface area contributed by atoms with Crippen LogP contribution in [0.4, 0.5) is 24.5 Å². The first-order valence-corrected chi connectivity index (χ1v) is 5.37. The van der Waals surface area contributed by atoms with Crippen molar-refractivity contribution >= 4 is 17.3 Å². The molecule has 5 nitrogen and oxygen atoms in total. The van der Waals surface area contributed by atoms with Gasteiger partial charge in [0.2, 0.25) is 0 Å². The third-order valence-corrected chi connectivity index (χ3v) is 2.16. The highest BCUT2D eigenvalue weighted by Crippen LogP contribution is 2.17. The molecule has 1 aromatic carbocycles. The Balaban J connectivity index is 2.42. The Hall–Kier alpha value is -1.96. The van der Waals surface area contributed by atoms with E-state index in [0.717, 1.165) is 0 Å². The second-order valence-corrected chi connectivity index (χ2v) is 3.76. The van der Waals surface area contributed by atoms with Crippen LogP contribution >= 0.6 is 0 Å². The van der Waals surface area contributed by atoms with Gasteiger partial charge in [0.1, 0.15) is 6.61 Å². The maximum atomic E-state index is 11.8. The zero-order valence-corrected chi connectivity index (χ0v) is 9.96. The molecule has 0 aromatic heterocycles. The predicted octanol–water partition coefficient (Wildman–Crippen LogP) is 1.36. The molecular weight excluding hydrogens is 263 g/mol. The van der Waals surface area contributed by atoms with Crippen LogP contribution < -0.4 is 16.8 Å². The van der Waals surface area contributed by atoms with Crippen molar-refractivity contribution in [2.24, 2.45) is 5.73 Å². The predicted molar refractivity (Wildman–Crippen MR) is 64.7 cm³/mol. The summed E-state index contributed by atoms with van der Waals surface area (Å²) in [5.41, 5.74) is 11.6. The molecule has 5 N–H and O–H groups in total. The Labute approximate surface area is 107 Å². The minimum absolute atomic E-state index is 0.115. The molecule has 19 heavy (non-hydrogen) atoms. The van der Waals surface area contributed by atoms with Crippen LogP contribution in [0.5, 0.6) is 0 Å². The largest absolute Gasteiger partial charge is 0.411 e. The zero-order valence-electron chi connectivity index (χ0n) is 9.96. The van der Waals surface area contributed by atoms with Crippen LogP contribution in [0.3, 0.4) is 0 Å². The molecule has 1 amide bonds. The number of hydrogen-bond acceptors (Lipinski definition) is 4. The SMILES string of the molecule is NC(=O)c1cc(NCCOCC(F)(F)F)ccc1N. The van der Waals surface area contributed by atoms with Gasteiger partial charge in [-0.15, -0.1) is 0 Å². The van der Waals surface area contributed by atoms with E-state index < -0.39 is 18.7 Å². The molecular formula is C11H14F3N3O2. The number of nitrogens with two attached hydrogens (primary N) is 2. The molecule has 0 saturated heterocycles. The van der Waals surface area contributed by atoms with Gasteiger partial charge >= 0.3 is 6.18 Å². The Bertz CT molecular complexity index is 449. The first-order valence-electron chi connectivity index (χ1n) is 5.37. The number of halogens is 3. The van der Waals surface area contributed by atoms with Crippen molar-refractivity contribution in [3.8, 4) is 0 Å². The van der Waals surface area contributed by atoms with Gasteiger partial charge < -0.3 is 21.5 Å². The van der Waals surface area contributed by atoms with E-state index in [1.165, 1.54) is 12.1 Å². The van der Waals surface area contributed by atoms with Crippen molar-refractivity contribution in [2.45, 2.75) is 6.18 Å². The van der Waals surface area contributed by atoms with Gasteiger partial charge in [0.15, 0.2) is 0 Å². The van der Waals surface area contributed by atoms with E-state index in [9.17, 15) is 18.0 Å². The summed E-state index contributed by atoms with van der Waals surface area (Å²) in [7, 11) is 0. The fraction of sp³-hybridized carbons (Fsp3) is 0.364. The number of benzene rings is 1. The lowest BCUT2D eigenvalue weighted by molar-refractivity contribution is -0.172. The maximum Gasteiger partial charge on any atom is 0.411 e. The summed E-state index contributed by atoms with van der Waals surface area (Å²) in [5, 5.41) is 2.80. The van der Waals surface area contributed by atoms with E-state index >= 15 is 0 Å². The van der Waals surface area contributed by atoms with Crippen LogP contribution in [0, 0.1) is 0 Å². The molecule has 1 aromatic rings. The number of ether oxygens (including phenoxy) is 1. The van der Waals surface area contributed by atoms with Gasteiger partial charge in [-0.3, -0.25) is 4.79 Å². The third-order valence-electron chi connectivity index (χ3n) is 2.16. The van der Waals surface area contributed by atoms with E-state index in [1.54, 1.807) is 6.07 Å². The Kier molecular flexibility index (Phi) is 4.99. The molecule has 0 aliphatic carbocycles. The van der Waals surface area contributed by atoms with Crippen LogP contribution in [0.25, 0.3) is 0 Å². The number of rotatable bonds is 6. The number of nitrogens with one attached hydrogen (secondary N) is 1. The minimum atomic E-state index is -4.33. The highest BCUT2D eigenvalue weighted by atomic mass is 19.4. The molecule has 8 heteroatoms. The van der Waals surface area contributed by atoms with E-state index in [-0.39, 0.29) is 24.4 Å². The summed E-state index contributed by atoms with van der Waals surface area (Å²) in [6, 6.07) is 4.51. The highest BCUT2D eigenvalue weighted by Gasteiger charge is 2.27. The van der Waals surface area contributed by atoms with Gasteiger partial charge in [0.05, 0.1) is 12.2 Å². The average molecular weight is 277 g/mol. The molecule has 0 atom stereocenters. The standard InChI is InChI=1S/C11H14F3N3O2/c12-11(13,14)6-19-4-3-17-7-1-2-9(15)8(5-7)10(16)18/h1-2,5,17H,3-4,6,15H2,(H2,16,18). The Morgan fingerprint density at radius 3 is 2.63 bits per heavy atom. The van der Waals surface area contributed by atoms with E-state index in [1.807, 2.05) is 0 Å². The number of primary amides is 1. The summed E-state index contributed by atoms with van der Waals surface area (Å²) in [6.45, 7) is -1.24. The molecule has 0 bridgehead atoms. The number of nitrogen functional groups attached to an aromatic ring is 1. The molecule has 0 heterocycles. The molecule has 0 fully saturated rings. The second kappa shape index (κ2) is 6.28. The lowest BCUT2D eigenvalue weighted by Crippen LogP contribution is -2.20. The van der Waals surface area contributed by atoms with Gasteiger partial charge in [-0.1, -0.05) is 0 Å². The van der Waals surface area contributed by atoms with E-state index in [0.29, 0.717) is 5.69 Å². The van der Waals surface area contributed by atoms with Crippen LogP contribution in [-0.2, 0) is 4.74 Å². The Morgan fingerprint density at radius 2 is 2.05 bits per heavy atom. The number of alkyl halides is 3. The van der Waals surface area contributed by atoms with Crippen molar-refractivity contribution in [1.82, 2.24) is 0 Å². The molecule has 1 rings (SSSR count). The molecule has 0 spiro atoms. The summed E-state index contributed by atoms with van der Waals surface area (Å²) in [4.78, 5) is 11.0. The number of amides is 1. The summed E-state index contributed by atoms with van der Waals surface area (Å²) >= 11 is 0. The summed E-state index contributed by atoms with van der Waals surface area (Å²) < 4.78 is 39.8. The summed E-state index contributed by atoms with van der Waals surface area (Å²) in [5.74, 6) is -0.672. The average Bonchev–Trinajstić information content (AvgIpc) is 2.29. The molecule has 0 unspecified atom stereocenters. The molecule has 0 radical (unpaired) electrons. The smallest absolute Gasteiger partial charge is 0.398 e. The normalized spacial score (nSPS) is 11.3. The topological polar surface area (TPSA) is 90.4 Å². The lowest BCUT2D eigenvalue weighted by atomic mass is 10.1. The number of anilines is 2. The second-order valence-electron chi connectivity index (χ2n) is 3.76. The lowest BCUT2D eigenvalue weighted by Gasteiger charge is -2.10. The van der Waals surface area contributed by atoms with Crippen molar-refractivity contribution < 1.29 is 22.7 Å². The van der Waals surface area contributed by atoms with Gasteiger partial charge in [-0.05, 0) is 18.2 Å². The van der Waals surface area contributed by atoms with Crippen LogP contribution in [0.1, 0.15) is 10.4 Å². The van der Waals surface area contributed by atoms with Crippen LogP contribution in [0.2, 0.25) is 0 Å². The minimum Gasteiger partial charge on any atom is -0.398 e. The molecule has 0 aliphatic rings. The molecule has 106 valence electrons. The van der Waals surface area contributed by atoms with Crippen LogP contribution in [-0.4, -0.2) is 31.8 Å². The molecule has 0 aliphatic heterocycles. The number of carbonyl (C=O) groups excluding carboxylic acids is 1. The molecule has 0 saturated carbocycles. The number of carbonyl (C=O) groups is 1. The maximum absolute atomic E-state index is 11.8. The van der Waals surface area contributed by atoms with Crippen molar-refractivity contribution in [2.75, 3.05) is 30.8 Å². The third kappa shape index (κ3) is 5.47. The fourth-order valence-corrected chi connectivity index (χ4v) is 1.34. The monoisotopic (exact) mass is 277 g/mol. The van der Waals surface area contributed by atoms with Crippen molar-refractivity contribution in [3.05, 3.63) is 23.8 Å². The fourth-order valence-electron chi connectivity index (χ4n) is 1.34. The van der Waals surface area contributed by atoms with Gasteiger partial charge in [0.25, 0.3) is 5.91 Å². The zero-order chi connectivity index (χ0) is 14.5. The van der Waals surface area contributed by atoms with E-state index in [4.69, 9.17) is 11.5 Å². The van der Waals surface area contributed by atoms with Gasteiger partial charge in [-0.2, -0.15) is 13.2 Å².